The number of aromatic nitrogens is 4. The van der Waals surface area contributed by atoms with Crippen LogP contribution < -0.4 is 0 Å². The summed E-state index contributed by atoms with van der Waals surface area (Å²) in [6.45, 7) is 0. The second-order valence-electron chi connectivity index (χ2n) is 7.86. The quantitative estimate of drug-likeness (QED) is 0.273. The van der Waals surface area contributed by atoms with E-state index in [0.29, 0.717) is 16.5 Å². The zero-order chi connectivity index (χ0) is 22.4. The maximum Gasteiger partial charge on any atom is 0.137 e. The van der Waals surface area contributed by atoms with Gasteiger partial charge in [0.2, 0.25) is 0 Å². The highest BCUT2D eigenvalue weighted by Gasteiger charge is 2.20. The lowest BCUT2D eigenvalue weighted by Crippen LogP contribution is -2.01. The van der Waals surface area contributed by atoms with Crippen LogP contribution in [0, 0.1) is 0 Å². The fraction of sp³-hybridized carbons (Fsp3) is 0.0370. The van der Waals surface area contributed by atoms with Gasteiger partial charge in [-0.15, -0.1) is 0 Å². The van der Waals surface area contributed by atoms with Gasteiger partial charge >= 0.3 is 0 Å². The first kappa shape index (κ1) is 20.0. The monoisotopic (exact) mass is 468 g/mol. The Kier molecular flexibility index (Phi) is 4.90. The molecule has 33 heavy (non-hydrogen) atoms. The Morgan fingerprint density at radius 1 is 0.545 bits per heavy atom. The number of hydrogen-bond donors (Lipinski definition) is 0. The Hall–Kier alpha value is -3.60. The predicted molar refractivity (Wildman–Crippen MR) is 134 cm³/mol. The summed E-state index contributed by atoms with van der Waals surface area (Å²) < 4.78 is 4.30. The van der Waals surface area contributed by atoms with Crippen LogP contribution >= 0.6 is 23.2 Å². The Morgan fingerprint density at radius 2 is 0.970 bits per heavy atom. The van der Waals surface area contributed by atoms with Crippen LogP contribution in [0.15, 0.2) is 97.3 Å². The summed E-state index contributed by atoms with van der Waals surface area (Å²) in [4.78, 5) is 9.92. The molecule has 0 N–H and O–H groups in total. The Labute approximate surface area is 200 Å². The van der Waals surface area contributed by atoms with Crippen LogP contribution in [0.5, 0.6) is 0 Å². The molecule has 6 aromatic rings. The van der Waals surface area contributed by atoms with E-state index in [0.717, 1.165) is 45.2 Å². The maximum absolute atomic E-state index is 6.15. The van der Waals surface area contributed by atoms with Crippen molar-refractivity contribution in [3.63, 3.8) is 0 Å². The van der Waals surface area contributed by atoms with E-state index < -0.39 is 0 Å². The fourth-order valence-electron chi connectivity index (χ4n) is 4.27. The minimum absolute atomic E-state index is 0.645. The van der Waals surface area contributed by atoms with Gasteiger partial charge in [0.25, 0.3) is 0 Å². The summed E-state index contributed by atoms with van der Waals surface area (Å²) in [5, 5.41) is 1.41. The first-order valence-electron chi connectivity index (χ1n) is 10.6. The zero-order valence-electron chi connectivity index (χ0n) is 17.5. The SMILES string of the molecule is Clc1ccc(-c2nc3ccccn3c2Cc2c(-c3ccc(Cl)cc3)nc3ccccn23)cc1. The molecule has 0 aliphatic heterocycles. The van der Waals surface area contributed by atoms with Gasteiger partial charge in [-0.1, -0.05) is 59.6 Å². The third kappa shape index (κ3) is 3.58. The number of nitrogens with zero attached hydrogens (tertiary/aromatic N) is 4. The number of pyridine rings is 2. The molecule has 0 atom stereocenters. The highest BCUT2D eigenvalue weighted by molar-refractivity contribution is 6.30. The molecule has 0 aliphatic rings. The molecule has 0 amide bonds. The third-order valence-corrected chi connectivity index (χ3v) is 6.33. The standard InChI is InChI=1S/C27H18Cl2N4/c28-20-11-7-18(8-12-20)26-22(32-15-3-1-5-24(32)30-26)17-23-27(19-9-13-21(29)14-10-19)31-25-6-2-4-16-33(23)25/h1-16H,17H2. The molecule has 4 nitrogen and oxygen atoms in total. The summed E-state index contributed by atoms with van der Waals surface area (Å²) in [6.07, 6.45) is 4.76. The molecule has 0 aliphatic carbocycles. The van der Waals surface area contributed by atoms with Crippen molar-refractivity contribution in [1.29, 1.82) is 0 Å². The van der Waals surface area contributed by atoms with Gasteiger partial charge in [0.1, 0.15) is 11.3 Å². The van der Waals surface area contributed by atoms with Crippen molar-refractivity contribution in [2.75, 3.05) is 0 Å². The molecule has 2 aromatic carbocycles. The normalized spacial score (nSPS) is 11.5. The number of rotatable bonds is 4. The van der Waals surface area contributed by atoms with Crippen LogP contribution in [-0.4, -0.2) is 18.8 Å². The van der Waals surface area contributed by atoms with Crippen molar-refractivity contribution in [2.45, 2.75) is 6.42 Å². The Morgan fingerprint density at radius 3 is 1.39 bits per heavy atom. The lowest BCUT2D eigenvalue weighted by Gasteiger charge is -2.09. The van der Waals surface area contributed by atoms with Gasteiger partial charge in [-0.3, -0.25) is 0 Å². The van der Waals surface area contributed by atoms with Crippen LogP contribution in [0.2, 0.25) is 10.0 Å². The zero-order valence-corrected chi connectivity index (χ0v) is 19.0. The van der Waals surface area contributed by atoms with E-state index in [1.165, 1.54) is 0 Å². The van der Waals surface area contributed by atoms with Crippen molar-refractivity contribution in [3.05, 3.63) is 119 Å². The van der Waals surface area contributed by atoms with E-state index in [1.807, 2.05) is 84.9 Å². The summed E-state index contributed by atoms with van der Waals surface area (Å²) in [5.41, 5.74) is 7.91. The Balaban J connectivity index is 1.58. The molecule has 0 saturated heterocycles. The molecule has 6 heteroatoms. The number of benzene rings is 2. The number of hydrogen-bond acceptors (Lipinski definition) is 2. The molecular weight excluding hydrogens is 451 g/mol. The van der Waals surface area contributed by atoms with Crippen LogP contribution in [0.25, 0.3) is 33.8 Å². The lowest BCUT2D eigenvalue weighted by molar-refractivity contribution is 0.964. The van der Waals surface area contributed by atoms with E-state index in [2.05, 4.69) is 21.2 Å². The summed E-state index contributed by atoms with van der Waals surface area (Å²) in [6, 6.07) is 27.8. The number of imidazole rings is 2. The topological polar surface area (TPSA) is 34.6 Å². The molecule has 6 rings (SSSR count). The van der Waals surface area contributed by atoms with Crippen molar-refractivity contribution < 1.29 is 0 Å². The van der Waals surface area contributed by atoms with Crippen molar-refractivity contribution in [1.82, 2.24) is 18.8 Å². The van der Waals surface area contributed by atoms with Gasteiger partial charge in [-0.2, -0.15) is 0 Å². The second-order valence-corrected chi connectivity index (χ2v) is 8.74. The van der Waals surface area contributed by atoms with E-state index in [9.17, 15) is 0 Å². The lowest BCUT2D eigenvalue weighted by atomic mass is 10.0. The van der Waals surface area contributed by atoms with Crippen molar-refractivity contribution >= 4 is 34.5 Å². The average molecular weight is 469 g/mol. The van der Waals surface area contributed by atoms with Gasteiger partial charge in [0.15, 0.2) is 0 Å². The molecule has 0 radical (unpaired) electrons. The fourth-order valence-corrected chi connectivity index (χ4v) is 4.52. The largest absolute Gasteiger partial charge is 0.303 e. The maximum atomic E-state index is 6.15. The van der Waals surface area contributed by atoms with Crippen LogP contribution in [0.4, 0.5) is 0 Å². The molecule has 0 fully saturated rings. The van der Waals surface area contributed by atoms with Gasteiger partial charge in [-0.05, 0) is 48.5 Å². The summed E-state index contributed by atoms with van der Waals surface area (Å²) in [5.74, 6) is 0. The molecule has 4 heterocycles. The van der Waals surface area contributed by atoms with Gasteiger partial charge in [0.05, 0.1) is 22.8 Å². The highest BCUT2D eigenvalue weighted by atomic mass is 35.5. The van der Waals surface area contributed by atoms with E-state index in [4.69, 9.17) is 33.2 Å². The van der Waals surface area contributed by atoms with E-state index >= 15 is 0 Å². The second kappa shape index (κ2) is 8.07. The van der Waals surface area contributed by atoms with Crippen molar-refractivity contribution in [3.8, 4) is 22.5 Å². The molecule has 0 spiro atoms. The predicted octanol–water partition coefficient (Wildman–Crippen LogP) is 7.21. The van der Waals surface area contributed by atoms with Crippen LogP contribution in [0.1, 0.15) is 11.4 Å². The third-order valence-electron chi connectivity index (χ3n) is 5.83. The molecule has 160 valence electrons. The number of halogens is 2. The molecule has 0 bridgehead atoms. The highest BCUT2D eigenvalue weighted by Crippen LogP contribution is 2.32. The average Bonchev–Trinajstić information content (AvgIpc) is 3.39. The molecule has 0 saturated carbocycles. The summed E-state index contributed by atoms with van der Waals surface area (Å²) >= 11 is 12.3. The van der Waals surface area contributed by atoms with E-state index in [1.54, 1.807) is 0 Å². The Bertz CT molecular complexity index is 1470. The number of fused-ring (bicyclic) bond motifs is 2. The van der Waals surface area contributed by atoms with Gasteiger partial charge in [0, 0.05) is 40.0 Å². The van der Waals surface area contributed by atoms with Crippen LogP contribution in [0.3, 0.4) is 0 Å². The molecule has 0 unspecified atom stereocenters. The van der Waals surface area contributed by atoms with E-state index in [-0.39, 0.29) is 0 Å². The summed E-state index contributed by atoms with van der Waals surface area (Å²) in [7, 11) is 0. The molecular formula is C27H18Cl2N4. The van der Waals surface area contributed by atoms with Crippen molar-refractivity contribution in [2.24, 2.45) is 0 Å². The minimum atomic E-state index is 0.645. The minimum Gasteiger partial charge on any atom is -0.303 e. The van der Waals surface area contributed by atoms with Gasteiger partial charge < -0.3 is 8.80 Å². The van der Waals surface area contributed by atoms with Crippen LogP contribution in [-0.2, 0) is 6.42 Å². The smallest absolute Gasteiger partial charge is 0.137 e. The molecule has 4 aromatic heterocycles. The van der Waals surface area contributed by atoms with Gasteiger partial charge in [-0.25, -0.2) is 9.97 Å². The first-order valence-corrected chi connectivity index (χ1v) is 11.4. The first-order chi connectivity index (χ1) is 16.2.